The predicted molar refractivity (Wildman–Crippen MR) is 43.9 cm³/mol. The SMILES string of the molecule is Cc1nc(N)sc1C(C)N. The Hall–Kier alpha value is -0.610. The van der Waals surface area contributed by atoms with Crippen molar-refractivity contribution in [2.24, 2.45) is 5.73 Å². The van der Waals surface area contributed by atoms with Gasteiger partial charge < -0.3 is 11.5 Å². The van der Waals surface area contributed by atoms with Gasteiger partial charge in [-0.15, -0.1) is 11.3 Å². The highest BCUT2D eigenvalue weighted by atomic mass is 32.1. The van der Waals surface area contributed by atoms with E-state index in [4.69, 9.17) is 11.5 Å². The molecular weight excluding hydrogens is 146 g/mol. The first-order chi connectivity index (χ1) is 4.61. The molecule has 0 spiro atoms. The highest BCUT2D eigenvalue weighted by molar-refractivity contribution is 7.15. The zero-order valence-corrected chi connectivity index (χ0v) is 6.90. The molecule has 10 heavy (non-hydrogen) atoms. The number of aromatic nitrogens is 1. The van der Waals surface area contributed by atoms with Gasteiger partial charge in [0.1, 0.15) is 0 Å². The second kappa shape index (κ2) is 2.56. The number of thiazole rings is 1. The Kier molecular flexibility index (Phi) is 1.92. The van der Waals surface area contributed by atoms with Crippen LogP contribution in [0.4, 0.5) is 5.13 Å². The van der Waals surface area contributed by atoms with E-state index in [0.29, 0.717) is 5.13 Å². The topological polar surface area (TPSA) is 64.9 Å². The number of nitrogens with two attached hydrogens (primary N) is 2. The third-order valence-corrected chi connectivity index (χ3v) is 2.45. The fourth-order valence-electron chi connectivity index (χ4n) is 0.852. The van der Waals surface area contributed by atoms with E-state index in [1.807, 2.05) is 13.8 Å². The van der Waals surface area contributed by atoms with Crippen molar-refractivity contribution in [3.63, 3.8) is 0 Å². The van der Waals surface area contributed by atoms with Crippen LogP contribution in [0.5, 0.6) is 0 Å². The van der Waals surface area contributed by atoms with E-state index >= 15 is 0 Å². The second-order valence-electron chi connectivity index (χ2n) is 2.29. The maximum atomic E-state index is 5.64. The molecule has 56 valence electrons. The molecule has 0 aromatic carbocycles. The van der Waals surface area contributed by atoms with Gasteiger partial charge in [0, 0.05) is 10.9 Å². The largest absolute Gasteiger partial charge is 0.375 e. The van der Waals surface area contributed by atoms with Crippen LogP contribution < -0.4 is 11.5 Å². The molecule has 1 aromatic heterocycles. The van der Waals surface area contributed by atoms with Crippen LogP contribution in [-0.2, 0) is 0 Å². The first kappa shape index (κ1) is 7.50. The number of nitrogens with zero attached hydrogens (tertiary/aromatic N) is 1. The van der Waals surface area contributed by atoms with Gasteiger partial charge in [-0.3, -0.25) is 0 Å². The first-order valence-electron chi connectivity index (χ1n) is 3.09. The Morgan fingerprint density at radius 3 is 2.40 bits per heavy atom. The fourth-order valence-corrected chi connectivity index (χ4v) is 1.64. The molecule has 1 aromatic rings. The van der Waals surface area contributed by atoms with Gasteiger partial charge in [0.15, 0.2) is 5.13 Å². The lowest BCUT2D eigenvalue weighted by Crippen LogP contribution is -2.03. The highest BCUT2D eigenvalue weighted by Crippen LogP contribution is 2.24. The van der Waals surface area contributed by atoms with Crippen LogP contribution in [0.2, 0.25) is 0 Å². The molecule has 1 rings (SSSR count). The number of nitrogen functional groups attached to an aromatic ring is 1. The monoisotopic (exact) mass is 157 g/mol. The molecule has 0 radical (unpaired) electrons. The maximum absolute atomic E-state index is 5.64. The van der Waals surface area contributed by atoms with Gasteiger partial charge in [0.2, 0.25) is 0 Å². The molecule has 4 heteroatoms. The van der Waals surface area contributed by atoms with Crippen molar-refractivity contribution in [1.29, 1.82) is 0 Å². The molecule has 0 aliphatic carbocycles. The zero-order chi connectivity index (χ0) is 7.72. The van der Waals surface area contributed by atoms with Gasteiger partial charge in [-0.25, -0.2) is 4.98 Å². The Balaban J connectivity index is 3.03. The van der Waals surface area contributed by atoms with Gasteiger partial charge >= 0.3 is 0 Å². The third-order valence-electron chi connectivity index (χ3n) is 1.26. The van der Waals surface area contributed by atoms with Crippen molar-refractivity contribution >= 4 is 16.5 Å². The van der Waals surface area contributed by atoms with Crippen LogP contribution in [0.15, 0.2) is 0 Å². The summed E-state index contributed by atoms with van der Waals surface area (Å²) in [4.78, 5) is 5.13. The summed E-state index contributed by atoms with van der Waals surface area (Å²) >= 11 is 1.46. The molecule has 4 N–H and O–H groups in total. The van der Waals surface area contributed by atoms with E-state index < -0.39 is 0 Å². The molecule has 0 saturated carbocycles. The normalized spacial score (nSPS) is 13.5. The molecule has 3 nitrogen and oxygen atoms in total. The van der Waals surface area contributed by atoms with E-state index in [2.05, 4.69) is 4.98 Å². The van der Waals surface area contributed by atoms with E-state index in [-0.39, 0.29) is 6.04 Å². The van der Waals surface area contributed by atoms with Crippen LogP contribution in [0.3, 0.4) is 0 Å². The van der Waals surface area contributed by atoms with Gasteiger partial charge in [-0.05, 0) is 13.8 Å². The molecule has 0 aliphatic heterocycles. The Bertz CT molecular complexity index is 229. The van der Waals surface area contributed by atoms with Crippen LogP contribution in [0.25, 0.3) is 0 Å². The Morgan fingerprint density at radius 1 is 1.60 bits per heavy atom. The fraction of sp³-hybridized carbons (Fsp3) is 0.500. The molecule has 0 fully saturated rings. The van der Waals surface area contributed by atoms with Gasteiger partial charge in [-0.2, -0.15) is 0 Å². The third kappa shape index (κ3) is 1.27. The molecular formula is C6H11N3S. The summed E-state index contributed by atoms with van der Waals surface area (Å²) in [6.07, 6.45) is 0. The predicted octanol–water partition coefficient (Wildman–Crippen LogP) is 1.05. The first-order valence-corrected chi connectivity index (χ1v) is 3.91. The number of hydrogen-bond acceptors (Lipinski definition) is 4. The van der Waals surface area contributed by atoms with Gasteiger partial charge in [0.25, 0.3) is 0 Å². The summed E-state index contributed by atoms with van der Waals surface area (Å²) < 4.78 is 0. The summed E-state index contributed by atoms with van der Waals surface area (Å²) in [5, 5.41) is 0.602. The second-order valence-corrected chi connectivity index (χ2v) is 3.35. The average Bonchev–Trinajstić information content (AvgIpc) is 2.10. The van der Waals surface area contributed by atoms with Crippen molar-refractivity contribution in [2.45, 2.75) is 19.9 Å². The Labute approximate surface area is 64.1 Å². The van der Waals surface area contributed by atoms with E-state index in [1.165, 1.54) is 11.3 Å². The smallest absolute Gasteiger partial charge is 0.180 e. The summed E-state index contributed by atoms with van der Waals surface area (Å²) in [6, 6.07) is 0.0507. The summed E-state index contributed by atoms with van der Waals surface area (Å²) in [5.74, 6) is 0. The number of aryl methyl sites for hydroxylation is 1. The van der Waals surface area contributed by atoms with Gasteiger partial charge in [0.05, 0.1) is 5.69 Å². The molecule has 1 heterocycles. The molecule has 1 atom stereocenters. The molecule has 0 amide bonds. The van der Waals surface area contributed by atoms with Crippen molar-refractivity contribution in [3.8, 4) is 0 Å². The molecule has 1 unspecified atom stereocenters. The van der Waals surface area contributed by atoms with Crippen molar-refractivity contribution in [3.05, 3.63) is 10.6 Å². The quantitative estimate of drug-likeness (QED) is 0.640. The lowest BCUT2D eigenvalue weighted by Gasteiger charge is -1.99. The Morgan fingerprint density at radius 2 is 2.20 bits per heavy atom. The van der Waals surface area contributed by atoms with E-state index in [9.17, 15) is 0 Å². The van der Waals surface area contributed by atoms with Gasteiger partial charge in [-0.1, -0.05) is 0 Å². The minimum atomic E-state index is 0.0507. The molecule has 0 aliphatic rings. The maximum Gasteiger partial charge on any atom is 0.180 e. The van der Waals surface area contributed by atoms with Crippen molar-refractivity contribution < 1.29 is 0 Å². The summed E-state index contributed by atoms with van der Waals surface area (Å²) in [6.45, 7) is 3.85. The van der Waals surface area contributed by atoms with Crippen molar-refractivity contribution in [2.75, 3.05) is 5.73 Å². The lowest BCUT2D eigenvalue weighted by atomic mass is 10.2. The summed E-state index contributed by atoms with van der Waals surface area (Å²) in [5.41, 5.74) is 12.1. The average molecular weight is 157 g/mol. The van der Waals surface area contributed by atoms with E-state index in [0.717, 1.165) is 10.6 Å². The van der Waals surface area contributed by atoms with Crippen molar-refractivity contribution in [1.82, 2.24) is 4.98 Å². The zero-order valence-electron chi connectivity index (χ0n) is 6.09. The molecule has 0 saturated heterocycles. The number of hydrogen-bond donors (Lipinski definition) is 2. The number of rotatable bonds is 1. The minimum absolute atomic E-state index is 0.0507. The summed E-state index contributed by atoms with van der Waals surface area (Å²) in [7, 11) is 0. The van der Waals surface area contributed by atoms with Crippen LogP contribution in [0.1, 0.15) is 23.5 Å². The minimum Gasteiger partial charge on any atom is -0.375 e. The lowest BCUT2D eigenvalue weighted by molar-refractivity contribution is 0.825. The van der Waals surface area contributed by atoms with Crippen LogP contribution in [0, 0.1) is 6.92 Å². The highest BCUT2D eigenvalue weighted by Gasteiger charge is 2.07. The van der Waals surface area contributed by atoms with E-state index in [1.54, 1.807) is 0 Å². The number of anilines is 1. The molecule has 0 bridgehead atoms. The van der Waals surface area contributed by atoms with Crippen LogP contribution >= 0.6 is 11.3 Å². The van der Waals surface area contributed by atoms with Crippen LogP contribution in [-0.4, -0.2) is 4.98 Å². The standard InChI is InChI=1S/C6H11N3S/c1-3(7)5-4(2)9-6(8)10-5/h3H,7H2,1-2H3,(H2,8,9).